The van der Waals surface area contributed by atoms with Crippen molar-refractivity contribution in [2.45, 2.75) is 59.3 Å². The molecule has 16 heavy (non-hydrogen) atoms. The van der Waals surface area contributed by atoms with Crippen LogP contribution in [-0.2, 0) is 0 Å². The summed E-state index contributed by atoms with van der Waals surface area (Å²) in [7, 11) is 0. The Hall–Kier alpha value is -0.550. The highest BCUT2D eigenvalue weighted by molar-refractivity contribution is 4.94. The maximum atomic E-state index is 8.89. The zero-order valence-electron chi connectivity index (χ0n) is 11.1. The van der Waals surface area contributed by atoms with E-state index in [1.807, 2.05) is 13.8 Å². The molecule has 0 aliphatic heterocycles. The molecular weight excluding hydrogens is 196 g/mol. The Morgan fingerprint density at radius 1 is 1.38 bits per heavy atom. The van der Waals surface area contributed by atoms with Gasteiger partial charge in [-0.15, -0.1) is 0 Å². The van der Waals surface area contributed by atoms with Crippen LogP contribution in [0.3, 0.4) is 0 Å². The maximum Gasteiger partial charge on any atom is 0.0683 e. The molecule has 0 heterocycles. The van der Waals surface area contributed by atoms with E-state index in [-0.39, 0.29) is 5.41 Å². The Balaban J connectivity index is 2.03. The fourth-order valence-corrected chi connectivity index (χ4v) is 2.29. The third kappa shape index (κ3) is 4.53. The zero-order chi connectivity index (χ0) is 12.1. The normalized spacial score (nSPS) is 18.1. The number of hydrogen-bond donors (Lipinski definition) is 1. The Morgan fingerprint density at radius 3 is 2.56 bits per heavy atom. The van der Waals surface area contributed by atoms with Crippen molar-refractivity contribution in [2.24, 2.45) is 10.8 Å². The van der Waals surface area contributed by atoms with Crippen molar-refractivity contribution in [3.63, 3.8) is 0 Å². The topological polar surface area (TPSA) is 35.8 Å². The maximum absolute atomic E-state index is 8.89. The summed E-state index contributed by atoms with van der Waals surface area (Å²) < 4.78 is 0. The molecule has 0 saturated heterocycles. The van der Waals surface area contributed by atoms with E-state index in [9.17, 15) is 0 Å². The molecule has 0 bridgehead atoms. The lowest BCUT2D eigenvalue weighted by atomic mass is 9.90. The van der Waals surface area contributed by atoms with Crippen LogP contribution in [0.2, 0.25) is 0 Å². The summed E-state index contributed by atoms with van der Waals surface area (Å²) in [6.45, 7) is 8.57. The molecule has 92 valence electrons. The Kier molecular flexibility index (Phi) is 4.80. The van der Waals surface area contributed by atoms with Crippen LogP contribution in [0.15, 0.2) is 0 Å². The van der Waals surface area contributed by atoms with Gasteiger partial charge in [0.15, 0.2) is 0 Å². The molecule has 1 rings (SSSR count). The molecule has 0 unspecified atom stereocenters. The lowest BCUT2D eigenvalue weighted by Crippen LogP contribution is -2.25. The Morgan fingerprint density at radius 2 is 2.06 bits per heavy atom. The van der Waals surface area contributed by atoms with E-state index in [4.69, 9.17) is 5.26 Å². The first-order valence-corrected chi connectivity index (χ1v) is 6.66. The molecule has 0 aromatic carbocycles. The van der Waals surface area contributed by atoms with Gasteiger partial charge in [-0.25, -0.2) is 0 Å². The summed E-state index contributed by atoms with van der Waals surface area (Å²) >= 11 is 0. The molecule has 1 saturated carbocycles. The van der Waals surface area contributed by atoms with Crippen molar-refractivity contribution in [1.29, 1.82) is 5.26 Å². The van der Waals surface area contributed by atoms with Crippen LogP contribution in [-0.4, -0.2) is 13.1 Å². The third-order valence-corrected chi connectivity index (χ3v) is 3.70. The van der Waals surface area contributed by atoms with Gasteiger partial charge in [-0.3, -0.25) is 0 Å². The van der Waals surface area contributed by atoms with Gasteiger partial charge in [-0.05, 0) is 57.9 Å². The molecule has 1 aliphatic rings. The lowest BCUT2D eigenvalue weighted by Gasteiger charge is -2.17. The zero-order valence-corrected chi connectivity index (χ0v) is 11.1. The third-order valence-electron chi connectivity index (χ3n) is 3.70. The number of hydrogen-bond acceptors (Lipinski definition) is 2. The standard InChI is InChI=1S/C14H26N2/c1-4-6-14(8-9-14)12-16-10-5-7-13(2,3)11-15/h16H,4-10,12H2,1-3H3. The minimum atomic E-state index is -0.150. The van der Waals surface area contributed by atoms with E-state index in [1.54, 1.807) is 0 Å². The van der Waals surface area contributed by atoms with Gasteiger partial charge in [-0.1, -0.05) is 13.3 Å². The second-order valence-electron chi connectivity index (χ2n) is 6.03. The van der Waals surface area contributed by atoms with Gasteiger partial charge in [0, 0.05) is 6.54 Å². The van der Waals surface area contributed by atoms with Gasteiger partial charge in [-0.2, -0.15) is 5.26 Å². The Bertz CT molecular complexity index is 246. The van der Waals surface area contributed by atoms with Crippen LogP contribution in [0.5, 0.6) is 0 Å². The summed E-state index contributed by atoms with van der Waals surface area (Å²) in [6, 6.07) is 2.35. The van der Waals surface area contributed by atoms with Crippen LogP contribution >= 0.6 is 0 Å². The van der Waals surface area contributed by atoms with Crippen LogP contribution < -0.4 is 5.32 Å². The fourth-order valence-electron chi connectivity index (χ4n) is 2.29. The van der Waals surface area contributed by atoms with E-state index in [0.29, 0.717) is 5.41 Å². The summed E-state index contributed by atoms with van der Waals surface area (Å²) in [6.07, 6.45) is 7.63. The number of nitrogens with zero attached hydrogens (tertiary/aromatic N) is 1. The largest absolute Gasteiger partial charge is 0.316 e. The molecule has 0 amide bonds. The van der Waals surface area contributed by atoms with E-state index >= 15 is 0 Å². The minimum absolute atomic E-state index is 0.150. The van der Waals surface area contributed by atoms with E-state index in [1.165, 1.54) is 32.2 Å². The first kappa shape index (κ1) is 13.5. The van der Waals surface area contributed by atoms with E-state index in [0.717, 1.165) is 19.4 Å². The molecule has 0 atom stereocenters. The summed E-state index contributed by atoms with van der Waals surface area (Å²) in [5, 5.41) is 12.4. The van der Waals surface area contributed by atoms with Crippen molar-refractivity contribution in [1.82, 2.24) is 5.32 Å². The molecule has 1 aliphatic carbocycles. The molecule has 0 aromatic rings. The summed E-state index contributed by atoms with van der Waals surface area (Å²) in [4.78, 5) is 0. The quantitative estimate of drug-likeness (QED) is 0.638. The molecule has 1 fully saturated rings. The Labute approximate surface area is 100 Å². The average Bonchev–Trinajstić information content (AvgIpc) is 2.98. The smallest absolute Gasteiger partial charge is 0.0683 e. The average molecular weight is 222 g/mol. The van der Waals surface area contributed by atoms with Crippen molar-refractivity contribution < 1.29 is 0 Å². The van der Waals surface area contributed by atoms with Gasteiger partial charge < -0.3 is 5.32 Å². The monoisotopic (exact) mass is 222 g/mol. The predicted molar refractivity (Wildman–Crippen MR) is 68.1 cm³/mol. The van der Waals surface area contributed by atoms with Gasteiger partial charge in [0.1, 0.15) is 0 Å². The molecule has 2 nitrogen and oxygen atoms in total. The molecule has 0 spiro atoms. The minimum Gasteiger partial charge on any atom is -0.316 e. The molecule has 1 N–H and O–H groups in total. The highest BCUT2D eigenvalue weighted by atomic mass is 14.9. The van der Waals surface area contributed by atoms with Gasteiger partial charge in [0.25, 0.3) is 0 Å². The highest BCUT2D eigenvalue weighted by Crippen LogP contribution is 2.48. The van der Waals surface area contributed by atoms with Gasteiger partial charge >= 0.3 is 0 Å². The molecule has 0 radical (unpaired) electrons. The summed E-state index contributed by atoms with van der Waals surface area (Å²) in [5.74, 6) is 0. The van der Waals surface area contributed by atoms with Crippen LogP contribution in [0.1, 0.15) is 59.3 Å². The molecule has 0 aromatic heterocycles. The van der Waals surface area contributed by atoms with Gasteiger partial charge in [0.2, 0.25) is 0 Å². The van der Waals surface area contributed by atoms with Crippen LogP contribution in [0.25, 0.3) is 0 Å². The van der Waals surface area contributed by atoms with Crippen molar-refractivity contribution in [3.8, 4) is 6.07 Å². The first-order chi connectivity index (χ1) is 7.54. The fraction of sp³-hybridized carbons (Fsp3) is 0.929. The number of nitriles is 1. The molecular formula is C14H26N2. The number of nitrogens with one attached hydrogen (secondary N) is 1. The van der Waals surface area contributed by atoms with Crippen molar-refractivity contribution in [2.75, 3.05) is 13.1 Å². The second-order valence-corrected chi connectivity index (χ2v) is 6.03. The summed E-state index contributed by atoms with van der Waals surface area (Å²) in [5.41, 5.74) is 0.502. The van der Waals surface area contributed by atoms with Crippen LogP contribution in [0.4, 0.5) is 0 Å². The SMILES string of the molecule is CCCC1(CNCCCC(C)(C)C#N)CC1. The predicted octanol–water partition coefficient (Wildman–Crippen LogP) is 3.49. The van der Waals surface area contributed by atoms with E-state index in [2.05, 4.69) is 18.3 Å². The lowest BCUT2D eigenvalue weighted by molar-refractivity contribution is 0.392. The van der Waals surface area contributed by atoms with Crippen molar-refractivity contribution >= 4 is 0 Å². The van der Waals surface area contributed by atoms with E-state index < -0.39 is 0 Å². The second kappa shape index (κ2) is 5.68. The molecule has 2 heteroatoms. The van der Waals surface area contributed by atoms with Crippen LogP contribution in [0, 0.1) is 22.2 Å². The number of rotatable bonds is 8. The van der Waals surface area contributed by atoms with Gasteiger partial charge in [0.05, 0.1) is 11.5 Å². The first-order valence-electron chi connectivity index (χ1n) is 6.66. The van der Waals surface area contributed by atoms with Crippen molar-refractivity contribution in [3.05, 3.63) is 0 Å². The highest BCUT2D eigenvalue weighted by Gasteiger charge is 2.40.